The number of carbonyl (C=O) groups excluding carboxylic acids is 1. The molecule has 0 aliphatic carbocycles. The summed E-state index contributed by atoms with van der Waals surface area (Å²) in [6, 6.07) is 11.3. The Hall–Kier alpha value is -3.93. The zero-order valence-electron chi connectivity index (χ0n) is 15.4. The number of urea groups is 1. The molecule has 0 saturated heterocycles. The number of rotatable bonds is 6. The number of nitrogens with one attached hydrogen (secondary N) is 3. The summed E-state index contributed by atoms with van der Waals surface area (Å²) in [6.07, 6.45) is 0. The van der Waals surface area contributed by atoms with Crippen LogP contribution in [-0.4, -0.2) is 31.2 Å². The van der Waals surface area contributed by atoms with Crippen molar-refractivity contribution in [1.29, 1.82) is 5.26 Å². The fourth-order valence-corrected chi connectivity index (χ4v) is 2.62. The molecular formula is C20H17F2N5O2. The van der Waals surface area contributed by atoms with E-state index < -0.39 is 17.7 Å². The number of benzene rings is 2. The predicted molar refractivity (Wildman–Crippen MR) is 105 cm³/mol. The van der Waals surface area contributed by atoms with Crippen molar-refractivity contribution in [3.63, 3.8) is 0 Å². The molecule has 3 aromatic rings. The van der Waals surface area contributed by atoms with E-state index >= 15 is 0 Å². The maximum absolute atomic E-state index is 13.5. The van der Waals surface area contributed by atoms with Crippen molar-refractivity contribution in [2.75, 3.05) is 30.8 Å². The monoisotopic (exact) mass is 397 g/mol. The Labute approximate surface area is 165 Å². The Morgan fingerprint density at radius 1 is 1.17 bits per heavy atom. The zero-order chi connectivity index (χ0) is 20.8. The number of halogens is 2. The molecule has 0 aliphatic heterocycles. The number of hydrogen-bond donors (Lipinski definition) is 3. The lowest BCUT2D eigenvalue weighted by molar-refractivity contribution is 0.252. The number of nitrogens with zero attached hydrogens (tertiary/aromatic N) is 2. The van der Waals surface area contributed by atoms with Gasteiger partial charge in [-0.25, -0.2) is 18.6 Å². The number of hydrogen-bond acceptors (Lipinski definition) is 5. The molecule has 0 atom stereocenters. The highest BCUT2D eigenvalue weighted by molar-refractivity contribution is 5.89. The molecule has 1 aromatic heterocycles. The first kappa shape index (κ1) is 19.8. The van der Waals surface area contributed by atoms with E-state index in [4.69, 9.17) is 4.74 Å². The van der Waals surface area contributed by atoms with Crippen molar-refractivity contribution >= 4 is 28.4 Å². The first-order valence-electron chi connectivity index (χ1n) is 8.63. The molecule has 0 fully saturated rings. The smallest absolute Gasteiger partial charge is 0.319 e. The van der Waals surface area contributed by atoms with Crippen LogP contribution in [0.4, 0.5) is 25.1 Å². The largest absolute Gasteiger partial charge is 0.497 e. The highest BCUT2D eigenvalue weighted by Gasteiger charge is 2.09. The molecule has 0 saturated carbocycles. The van der Waals surface area contributed by atoms with Crippen LogP contribution in [0.25, 0.3) is 10.9 Å². The third-order valence-corrected chi connectivity index (χ3v) is 4.02. The van der Waals surface area contributed by atoms with Gasteiger partial charge in [-0.2, -0.15) is 5.26 Å². The number of ether oxygens (including phenoxy) is 1. The van der Waals surface area contributed by atoms with Gasteiger partial charge in [-0.3, -0.25) is 0 Å². The van der Waals surface area contributed by atoms with Gasteiger partial charge < -0.3 is 20.7 Å². The molecule has 2 amide bonds. The van der Waals surface area contributed by atoms with Gasteiger partial charge in [0.25, 0.3) is 0 Å². The third-order valence-electron chi connectivity index (χ3n) is 4.02. The highest BCUT2D eigenvalue weighted by atomic mass is 19.1. The van der Waals surface area contributed by atoms with Gasteiger partial charge in [-0.15, -0.1) is 0 Å². The van der Waals surface area contributed by atoms with Gasteiger partial charge in [0.05, 0.1) is 23.9 Å². The molecule has 1 heterocycles. The molecule has 9 heteroatoms. The van der Waals surface area contributed by atoms with Crippen molar-refractivity contribution in [2.45, 2.75) is 0 Å². The molecule has 148 valence electrons. The Morgan fingerprint density at radius 2 is 2.00 bits per heavy atom. The molecular weight excluding hydrogens is 380 g/mol. The Kier molecular flexibility index (Phi) is 6.04. The topological polar surface area (TPSA) is 99.1 Å². The highest BCUT2D eigenvalue weighted by Crippen LogP contribution is 2.23. The fourth-order valence-electron chi connectivity index (χ4n) is 2.62. The normalized spacial score (nSPS) is 10.3. The van der Waals surface area contributed by atoms with E-state index in [2.05, 4.69) is 27.0 Å². The van der Waals surface area contributed by atoms with Gasteiger partial charge in [0.2, 0.25) is 0 Å². The minimum absolute atomic E-state index is 0.129. The second kappa shape index (κ2) is 8.84. The Bertz CT molecular complexity index is 1100. The zero-order valence-corrected chi connectivity index (χ0v) is 15.4. The molecule has 0 unspecified atom stereocenters. The van der Waals surface area contributed by atoms with E-state index in [0.717, 1.165) is 17.5 Å². The van der Waals surface area contributed by atoms with Crippen molar-refractivity contribution in [3.05, 3.63) is 59.7 Å². The summed E-state index contributed by atoms with van der Waals surface area (Å²) in [5.41, 5.74) is 0.906. The van der Waals surface area contributed by atoms with E-state index in [1.165, 1.54) is 0 Å². The lowest BCUT2D eigenvalue weighted by Gasteiger charge is -2.11. The van der Waals surface area contributed by atoms with Gasteiger partial charge in [-0.05, 0) is 36.4 Å². The molecule has 3 rings (SSSR count). The lowest BCUT2D eigenvalue weighted by Crippen LogP contribution is -2.33. The number of fused-ring (bicyclic) bond motifs is 1. The molecule has 3 N–H and O–H groups in total. The standard InChI is InChI=1S/C20H17F2N5O2/c1-29-15-3-5-17-12(9-15)8-13(11-23)19(26-17)24-6-7-25-20(28)27-18-4-2-14(21)10-16(18)22/h2-5,8-10H,6-7H2,1H3,(H,24,26)(H2,25,27,28). The summed E-state index contributed by atoms with van der Waals surface area (Å²) in [7, 11) is 1.56. The van der Waals surface area contributed by atoms with E-state index in [1.54, 1.807) is 31.4 Å². The van der Waals surface area contributed by atoms with Crippen LogP contribution < -0.4 is 20.7 Å². The van der Waals surface area contributed by atoms with Crippen LogP contribution in [0.2, 0.25) is 0 Å². The summed E-state index contributed by atoms with van der Waals surface area (Å²) >= 11 is 0. The SMILES string of the molecule is COc1ccc2nc(NCCNC(=O)Nc3ccc(F)cc3F)c(C#N)cc2c1. The van der Waals surface area contributed by atoms with Gasteiger partial charge in [0.1, 0.15) is 29.3 Å². The van der Waals surface area contributed by atoms with E-state index in [9.17, 15) is 18.8 Å². The molecule has 7 nitrogen and oxygen atoms in total. The summed E-state index contributed by atoms with van der Waals surface area (Å²) in [5.74, 6) is -0.546. The van der Waals surface area contributed by atoms with Crippen LogP contribution >= 0.6 is 0 Å². The van der Waals surface area contributed by atoms with Crippen LogP contribution in [-0.2, 0) is 0 Å². The first-order valence-corrected chi connectivity index (χ1v) is 8.63. The predicted octanol–water partition coefficient (Wildman–Crippen LogP) is 3.63. The summed E-state index contributed by atoms with van der Waals surface area (Å²) in [6.45, 7) is 0.463. The van der Waals surface area contributed by atoms with Gasteiger partial charge in [0, 0.05) is 24.5 Å². The second-order valence-corrected chi connectivity index (χ2v) is 5.99. The molecule has 0 bridgehead atoms. The lowest BCUT2D eigenvalue weighted by atomic mass is 10.1. The molecule has 0 spiro atoms. The van der Waals surface area contributed by atoms with Gasteiger partial charge in [-0.1, -0.05) is 0 Å². The minimum atomic E-state index is -0.867. The Balaban J connectivity index is 1.57. The van der Waals surface area contributed by atoms with Gasteiger partial charge >= 0.3 is 6.03 Å². The molecule has 2 aromatic carbocycles. The van der Waals surface area contributed by atoms with Crippen molar-refractivity contribution < 1.29 is 18.3 Å². The quantitative estimate of drug-likeness (QED) is 0.552. The average molecular weight is 397 g/mol. The van der Waals surface area contributed by atoms with Crippen LogP contribution in [0.1, 0.15) is 5.56 Å². The number of methoxy groups -OCH3 is 1. The minimum Gasteiger partial charge on any atom is -0.497 e. The summed E-state index contributed by atoms with van der Waals surface area (Å²) in [5, 5.41) is 17.9. The fraction of sp³-hybridized carbons (Fsp3) is 0.150. The first-order chi connectivity index (χ1) is 14.0. The van der Waals surface area contributed by atoms with Crippen LogP contribution in [0, 0.1) is 23.0 Å². The molecule has 0 aliphatic rings. The third kappa shape index (κ3) is 4.87. The van der Waals surface area contributed by atoms with E-state index in [-0.39, 0.29) is 18.8 Å². The van der Waals surface area contributed by atoms with Crippen LogP contribution in [0.5, 0.6) is 5.75 Å². The van der Waals surface area contributed by atoms with Crippen LogP contribution in [0.15, 0.2) is 42.5 Å². The van der Waals surface area contributed by atoms with E-state index in [1.807, 2.05) is 0 Å². The number of amides is 2. The second-order valence-electron chi connectivity index (χ2n) is 5.99. The number of anilines is 2. The Morgan fingerprint density at radius 3 is 2.72 bits per heavy atom. The summed E-state index contributed by atoms with van der Waals surface area (Å²) < 4.78 is 31.6. The average Bonchev–Trinajstić information content (AvgIpc) is 2.72. The molecule has 29 heavy (non-hydrogen) atoms. The number of pyridine rings is 1. The van der Waals surface area contributed by atoms with Crippen LogP contribution in [0.3, 0.4) is 0 Å². The molecule has 0 radical (unpaired) electrons. The van der Waals surface area contributed by atoms with E-state index in [0.29, 0.717) is 28.7 Å². The van der Waals surface area contributed by atoms with Crippen molar-refractivity contribution in [1.82, 2.24) is 10.3 Å². The van der Waals surface area contributed by atoms with Crippen molar-refractivity contribution in [3.8, 4) is 11.8 Å². The number of nitriles is 1. The van der Waals surface area contributed by atoms with Crippen molar-refractivity contribution in [2.24, 2.45) is 0 Å². The van der Waals surface area contributed by atoms with Gasteiger partial charge in [0.15, 0.2) is 0 Å². The number of carbonyl (C=O) groups is 1. The summed E-state index contributed by atoms with van der Waals surface area (Å²) in [4.78, 5) is 16.3. The maximum atomic E-state index is 13.5. The number of aromatic nitrogens is 1. The maximum Gasteiger partial charge on any atom is 0.319 e.